The normalized spacial score (nSPS) is 16.1. The molecule has 6 heteroatoms. The van der Waals surface area contributed by atoms with Gasteiger partial charge in [-0.3, -0.25) is 9.69 Å². The third-order valence-electron chi connectivity index (χ3n) is 4.70. The van der Waals surface area contributed by atoms with E-state index in [1.807, 2.05) is 18.4 Å². The van der Waals surface area contributed by atoms with Gasteiger partial charge < -0.3 is 5.32 Å². The summed E-state index contributed by atoms with van der Waals surface area (Å²) in [6.45, 7) is 4.17. The highest BCUT2D eigenvalue weighted by Crippen LogP contribution is 2.32. The second-order valence-electron chi connectivity index (χ2n) is 6.23. The number of carbonyl (C=O) groups excluding carboxylic acids is 1. The van der Waals surface area contributed by atoms with E-state index < -0.39 is 0 Å². The first-order valence-electron chi connectivity index (χ1n) is 8.64. The Hall–Kier alpha value is -1.43. The predicted molar refractivity (Wildman–Crippen MR) is 101 cm³/mol. The molecule has 1 atom stereocenters. The van der Waals surface area contributed by atoms with E-state index in [1.54, 1.807) is 12.1 Å². The molecule has 3 nitrogen and oxygen atoms in total. The summed E-state index contributed by atoms with van der Waals surface area (Å²) in [7, 11) is 0. The Morgan fingerprint density at radius 3 is 2.80 bits per heavy atom. The standard InChI is InChI=1S/C19H22ClFN2OS/c1-2-13-8-11-25-18(13)19(24)22-12-16(23-9-3-4-10-23)17-14(20)6-5-7-15(17)21/h5-8,11,16H,2-4,9-10,12H2,1H3,(H,22,24). The molecule has 0 radical (unpaired) electrons. The van der Waals surface area contributed by atoms with Crippen LogP contribution in [-0.2, 0) is 6.42 Å². The number of hydrogen-bond acceptors (Lipinski definition) is 3. The zero-order valence-electron chi connectivity index (χ0n) is 14.2. The van der Waals surface area contributed by atoms with E-state index in [-0.39, 0.29) is 17.8 Å². The smallest absolute Gasteiger partial charge is 0.261 e. The maximum absolute atomic E-state index is 14.4. The minimum absolute atomic E-state index is 0.0940. The fourth-order valence-corrected chi connectivity index (χ4v) is 4.58. The van der Waals surface area contributed by atoms with Crippen molar-refractivity contribution < 1.29 is 9.18 Å². The van der Waals surface area contributed by atoms with Gasteiger partial charge in [0.25, 0.3) is 5.91 Å². The van der Waals surface area contributed by atoms with Crippen LogP contribution in [0.5, 0.6) is 0 Å². The molecule has 1 unspecified atom stereocenters. The van der Waals surface area contributed by atoms with Crippen LogP contribution in [0.25, 0.3) is 0 Å². The van der Waals surface area contributed by atoms with Gasteiger partial charge in [-0.1, -0.05) is 24.6 Å². The van der Waals surface area contributed by atoms with Crippen LogP contribution in [0.1, 0.15) is 46.6 Å². The summed E-state index contributed by atoms with van der Waals surface area (Å²) in [4.78, 5) is 15.5. The molecule has 2 heterocycles. The highest BCUT2D eigenvalue weighted by Gasteiger charge is 2.28. The van der Waals surface area contributed by atoms with Gasteiger partial charge in [0, 0.05) is 17.1 Å². The van der Waals surface area contributed by atoms with Crippen LogP contribution in [0.3, 0.4) is 0 Å². The van der Waals surface area contributed by atoms with Crippen LogP contribution in [0.2, 0.25) is 5.02 Å². The average molecular weight is 381 g/mol. The zero-order chi connectivity index (χ0) is 17.8. The lowest BCUT2D eigenvalue weighted by molar-refractivity contribution is 0.0940. The number of aryl methyl sites for hydroxylation is 1. The molecular weight excluding hydrogens is 359 g/mol. The van der Waals surface area contributed by atoms with Gasteiger partial charge >= 0.3 is 0 Å². The minimum Gasteiger partial charge on any atom is -0.349 e. The Balaban J connectivity index is 1.80. The van der Waals surface area contributed by atoms with Crippen LogP contribution in [0, 0.1) is 5.82 Å². The lowest BCUT2D eigenvalue weighted by Crippen LogP contribution is -2.37. The van der Waals surface area contributed by atoms with E-state index >= 15 is 0 Å². The Morgan fingerprint density at radius 2 is 2.12 bits per heavy atom. The highest BCUT2D eigenvalue weighted by molar-refractivity contribution is 7.12. The molecule has 1 saturated heterocycles. The van der Waals surface area contributed by atoms with Gasteiger partial charge in [0.1, 0.15) is 5.82 Å². The lowest BCUT2D eigenvalue weighted by atomic mass is 10.0. The number of nitrogens with zero attached hydrogens (tertiary/aromatic N) is 1. The molecule has 25 heavy (non-hydrogen) atoms. The van der Waals surface area contributed by atoms with E-state index in [4.69, 9.17) is 11.6 Å². The summed E-state index contributed by atoms with van der Waals surface area (Å²) in [6, 6.07) is 6.48. The summed E-state index contributed by atoms with van der Waals surface area (Å²) in [5, 5.41) is 5.34. The topological polar surface area (TPSA) is 32.3 Å². The lowest BCUT2D eigenvalue weighted by Gasteiger charge is -2.29. The molecular formula is C19H22ClFN2OS. The number of hydrogen-bond donors (Lipinski definition) is 1. The van der Waals surface area contributed by atoms with Crippen molar-refractivity contribution in [3.8, 4) is 0 Å². The SMILES string of the molecule is CCc1ccsc1C(=O)NCC(c1c(F)cccc1Cl)N1CCCC1. The van der Waals surface area contributed by atoms with Crippen LogP contribution in [0.4, 0.5) is 4.39 Å². The fraction of sp³-hybridized carbons (Fsp3) is 0.421. The summed E-state index contributed by atoms with van der Waals surface area (Å²) in [5.74, 6) is -0.410. The number of amides is 1. The molecule has 1 aliphatic heterocycles. The molecule has 1 aromatic carbocycles. The van der Waals surface area contributed by atoms with Crippen molar-refractivity contribution in [1.82, 2.24) is 10.2 Å². The Morgan fingerprint density at radius 1 is 1.36 bits per heavy atom. The van der Waals surface area contributed by atoms with Crippen molar-refractivity contribution in [1.29, 1.82) is 0 Å². The quantitative estimate of drug-likeness (QED) is 0.789. The van der Waals surface area contributed by atoms with Gasteiger partial charge in [-0.05, 0) is 61.5 Å². The Kier molecular flexibility index (Phi) is 6.10. The third-order valence-corrected chi connectivity index (χ3v) is 5.99. The van der Waals surface area contributed by atoms with Crippen LogP contribution >= 0.6 is 22.9 Å². The van der Waals surface area contributed by atoms with E-state index in [2.05, 4.69) is 10.2 Å². The molecule has 1 N–H and O–H groups in total. The van der Waals surface area contributed by atoms with Gasteiger partial charge in [0.05, 0.1) is 10.9 Å². The first kappa shape index (κ1) is 18.4. The predicted octanol–water partition coefficient (Wildman–Crippen LogP) is 4.67. The van der Waals surface area contributed by atoms with Gasteiger partial charge in [-0.2, -0.15) is 0 Å². The largest absolute Gasteiger partial charge is 0.349 e. The van der Waals surface area contributed by atoms with Gasteiger partial charge in [0.15, 0.2) is 0 Å². The molecule has 0 aliphatic carbocycles. The van der Waals surface area contributed by atoms with Gasteiger partial charge in [-0.25, -0.2) is 4.39 Å². The molecule has 0 saturated carbocycles. The molecule has 1 aliphatic rings. The monoisotopic (exact) mass is 380 g/mol. The van der Waals surface area contributed by atoms with Crippen molar-refractivity contribution in [2.45, 2.75) is 32.2 Å². The number of thiophene rings is 1. The van der Waals surface area contributed by atoms with Gasteiger partial charge in [0.2, 0.25) is 0 Å². The summed E-state index contributed by atoms with van der Waals surface area (Å²) >= 11 is 7.73. The Bertz CT molecular complexity index is 723. The number of benzene rings is 1. The first-order chi connectivity index (χ1) is 12.1. The fourth-order valence-electron chi connectivity index (χ4n) is 3.38. The van der Waals surface area contributed by atoms with E-state index in [9.17, 15) is 9.18 Å². The van der Waals surface area contributed by atoms with Crippen LogP contribution < -0.4 is 5.32 Å². The average Bonchev–Trinajstić information content (AvgIpc) is 3.28. The van der Waals surface area contributed by atoms with Crippen molar-refractivity contribution in [2.75, 3.05) is 19.6 Å². The van der Waals surface area contributed by atoms with Crippen molar-refractivity contribution in [3.05, 3.63) is 56.5 Å². The number of rotatable bonds is 6. The number of nitrogens with one attached hydrogen (secondary N) is 1. The Labute approximate surface area is 156 Å². The molecule has 2 aromatic rings. The van der Waals surface area contributed by atoms with Crippen molar-refractivity contribution in [3.63, 3.8) is 0 Å². The van der Waals surface area contributed by atoms with E-state index in [0.29, 0.717) is 17.1 Å². The summed E-state index contributed by atoms with van der Waals surface area (Å²) in [5.41, 5.74) is 1.53. The summed E-state index contributed by atoms with van der Waals surface area (Å²) < 4.78 is 14.4. The second kappa shape index (κ2) is 8.30. The maximum atomic E-state index is 14.4. The molecule has 134 valence electrons. The number of likely N-dealkylation sites (tertiary alicyclic amines) is 1. The van der Waals surface area contributed by atoms with E-state index in [1.165, 1.54) is 17.4 Å². The number of carbonyl (C=O) groups is 1. The zero-order valence-corrected chi connectivity index (χ0v) is 15.8. The second-order valence-corrected chi connectivity index (χ2v) is 7.56. The van der Waals surface area contributed by atoms with Crippen LogP contribution in [-0.4, -0.2) is 30.4 Å². The molecule has 0 bridgehead atoms. The van der Waals surface area contributed by atoms with Crippen LogP contribution in [0.15, 0.2) is 29.6 Å². The summed E-state index contributed by atoms with van der Waals surface area (Å²) in [6.07, 6.45) is 2.99. The first-order valence-corrected chi connectivity index (χ1v) is 9.90. The van der Waals surface area contributed by atoms with Crippen molar-refractivity contribution in [2.24, 2.45) is 0 Å². The van der Waals surface area contributed by atoms with Crippen molar-refractivity contribution >= 4 is 28.8 Å². The number of halogens is 2. The van der Waals surface area contributed by atoms with Gasteiger partial charge in [-0.15, -0.1) is 11.3 Å². The third kappa shape index (κ3) is 4.05. The minimum atomic E-state index is -0.316. The molecule has 1 aromatic heterocycles. The van der Waals surface area contributed by atoms with E-state index in [0.717, 1.165) is 42.8 Å². The molecule has 1 amide bonds. The molecule has 3 rings (SSSR count). The maximum Gasteiger partial charge on any atom is 0.261 e. The molecule has 1 fully saturated rings. The highest BCUT2D eigenvalue weighted by atomic mass is 35.5. The molecule has 0 spiro atoms.